The first-order valence-corrected chi connectivity index (χ1v) is 7.93. The van der Waals surface area contributed by atoms with E-state index < -0.39 is 0 Å². The molecule has 2 aliphatic heterocycles. The van der Waals surface area contributed by atoms with Gasteiger partial charge in [0, 0.05) is 12.0 Å². The van der Waals surface area contributed by atoms with Crippen molar-refractivity contribution in [1.29, 1.82) is 0 Å². The number of ketones is 1. The van der Waals surface area contributed by atoms with Crippen LogP contribution >= 0.6 is 0 Å². The second kappa shape index (κ2) is 5.13. The van der Waals surface area contributed by atoms with E-state index in [1.54, 1.807) is 13.2 Å². The van der Waals surface area contributed by atoms with Crippen molar-refractivity contribution < 1.29 is 14.3 Å². The summed E-state index contributed by atoms with van der Waals surface area (Å²) in [4.78, 5) is 14.8. The molecule has 0 N–H and O–H groups in total. The molecule has 22 heavy (non-hydrogen) atoms. The Bertz CT molecular complexity index is 639. The van der Waals surface area contributed by atoms with Crippen molar-refractivity contribution >= 4 is 5.78 Å². The highest BCUT2D eigenvalue weighted by molar-refractivity contribution is 5.95. The topological polar surface area (TPSA) is 38.8 Å². The van der Waals surface area contributed by atoms with E-state index in [4.69, 9.17) is 9.47 Å². The van der Waals surface area contributed by atoms with Gasteiger partial charge in [-0.1, -0.05) is 12.1 Å². The smallest absolute Gasteiger partial charge is 0.196 e. The van der Waals surface area contributed by atoms with E-state index in [9.17, 15) is 4.79 Å². The predicted molar refractivity (Wildman–Crippen MR) is 83.3 cm³/mol. The number of hydrogen-bond acceptors (Lipinski definition) is 4. The van der Waals surface area contributed by atoms with Gasteiger partial charge in [-0.3, -0.25) is 4.79 Å². The monoisotopic (exact) mass is 299 g/mol. The molecule has 4 rings (SSSR count). The van der Waals surface area contributed by atoms with Crippen molar-refractivity contribution in [3.05, 3.63) is 35.9 Å². The van der Waals surface area contributed by atoms with Gasteiger partial charge in [0.15, 0.2) is 23.4 Å². The van der Waals surface area contributed by atoms with E-state index in [-0.39, 0.29) is 17.8 Å². The van der Waals surface area contributed by atoms with Gasteiger partial charge in [-0.15, -0.1) is 0 Å². The first-order valence-electron chi connectivity index (χ1n) is 7.93. The largest absolute Gasteiger partial charge is 0.493 e. The molecule has 4 nitrogen and oxygen atoms in total. The lowest BCUT2D eigenvalue weighted by Gasteiger charge is -2.46. The van der Waals surface area contributed by atoms with Crippen molar-refractivity contribution in [3.8, 4) is 11.5 Å². The summed E-state index contributed by atoms with van der Waals surface area (Å²) >= 11 is 0. The average Bonchev–Trinajstić information content (AvgIpc) is 2.54. The van der Waals surface area contributed by atoms with E-state index >= 15 is 0 Å². The summed E-state index contributed by atoms with van der Waals surface area (Å²) in [6, 6.07) is 6.51. The first-order chi connectivity index (χ1) is 10.7. The SMILES string of the molecule is COc1ccc2cc1O[C@H]1C(=O)C=C[C@@H]3[C@@H]1CCN(C)[C@@H]3C2. The lowest BCUT2D eigenvalue weighted by atomic mass is 9.71. The van der Waals surface area contributed by atoms with Crippen LogP contribution in [-0.4, -0.2) is 43.5 Å². The van der Waals surface area contributed by atoms with Crippen molar-refractivity contribution in [2.45, 2.75) is 25.0 Å². The number of ether oxygens (including phenoxy) is 2. The lowest BCUT2D eigenvalue weighted by molar-refractivity contribution is -0.127. The zero-order chi connectivity index (χ0) is 15.3. The molecular weight excluding hydrogens is 278 g/mol. The second-order valence-corrected chi connectivity index (χ2v) is 6.57. The molecule has 0 radical (unpaired) electrons. The molecule has 2 heterocycles. The molecule has 1 aliphatic carbocycles. The van der Waals surface area contributed by atoms with Gasteiger partial charge < -0.3 is 14.4 Å². The fourth-order valence-corrected chi connectivity index (χ4v) is 4.18. The molecule has 0 amide bonds. The highest BCUT2D eigenvalue weighted by atomic mass is 16.5. The maximum atomic E-state index is 12.4. The number of nitrogens with zero attached hydrogens (tertiary/aromatic N) is 1. The maximum Gasteiger partial charge on any atom is 0.196 e. The van der Waals surface area contributed by atoms with Crippen LogP contribution in [0, 0.1) is 11.8 Å². The molecule has 116 valence electrons. The minimum Gasteiger partial charge on any atom is -0.493 e. The summed E-state index contributed by atoms with van der Waals surface area (Å²) in [5.74, 6) is 2.12. The van der Waals surface area contributed by atoms with Crippen LogP contribution < -0.4 is 9.47 Å². The molecule has 1 saturated heterocycles. The van der Waals surface area contributed by atoms with E-state index in [1.807, 2.05) is 12.1 Å². The molecule has 4 heteroatoms. The van der Waals surface area contributed by atoms with Gasteiger partial charge in [-0.25, -0.2) is 0 Å². The Morgan fingerprint density at radius 2 is 2.23 bits per heavy atom. The molecule has 1 aromatic carbocycles. The van der Waals surface area contributed by atoms with E-state index in [1.165, 1.54) is 5.56 Å². The van der Waals surface area contributed by atoms with E-state index in [0.717, 1.165) is 19.4 Å². The molecular formula is C18H21NO3. The van der Waals surface area contributed by atoms with Gasteiger partial charge >= 0.3 is 0 Å². The van der Waals surface area contributed by atoms with Crippen LogP contribution in [0.2, 0.25) is 0 Å². The van der Waals surface area contributed by atoms with E-state index in [0.29, 0.717) is 23.5 Å². The number of methoxy groups -OCH3 is 1. The van der Waals surface area contributed by atoms with Crippen LogP contribution in [-0.2, 0) is 11.2 Å². The Morgan fingerprint density at radius 3 is 3.05 bits per heavy atom. The lowest BCUT2D eigenvalue weighted by Crippen LogP contribution is -2.54. The van der Waals surface area contributed by atoms with Gasteiger partial charge in [-0.2, -0.15) is 0 Å². The number of likely N-dealkylation sites (tertiary alicyclic amines) is 1. The van der Waals surface area contributed by atoms with Gasteiger partial charge in [-0.05, 0) is 56.1 Å². The minimum atomic E-state index is -0.381. The molecule has 1 aromatic rings. The number of piperidine rings is 1. The third-order valence-corrected chi connectivity index (χ3v) is 5.40. The number of rotatable bonds is 1. The minimum absolute atomic E-state index is 0.0823. The van der Waals surface area contributed by atoms with Gasteiger partial charge in [0.2, 0.25) is 0 Å². The van der Waals surface area contributed by atoms with Crippen molar-refractivity contribution in [2.75, 3.05) is 20.7 Å². The number of benzene rings is 1. The molecule has 4 atom stereocenters. The Morgan fingerprint density at radius 1 is 1.36 bits per heavy atom. The summed E-state index contributed by atoms with van der Waals surface area (Å²) in [5, 5.41) is 0. The zero-order valence-corrected chi connectivity index (χ0v) is 13.0. The maximum absolute atomic E-state index is 12.4. The summed E-state index contributed by atoms with van der Waals surface area (Å²) in [6.07, 6.45) is 5.42. The summed E-state index contributed by atoms with van der Waals surface area (Å²) in [7, 11) is 3.82. The van der Waals surface area contributed by atoms with Crippen molar-refractivity contribution in [1.82, 2.24) is 4.90 Å². The Kier molecular flexibility index (Phi) is 3.22. The van der Waals surface area contributed by atoms with Crippen LogP contribution in [0.5, 0.6) is 11.5 Å². The molecule has 0 saturated carbocycles. The Balaban J connectivity index is 1.84. The Labute approximate surface area is 130 Å². The molecule has 0 aromatic heterocycles. The third kappa shape index (κ3) is 2.05. The fraction of sp³-hybridized carbons (Fsp3) is 0.500. The molecule has 6 bridgehead atoms. The normalized spacial score (nSPS) is 33.5. The van der Waals surface area contributed by atoms with Crippen LogP contribution in [0.1, 0.15) is 12.0 Å². The van der Waals surface area contributed by atoms with Gasteiger partial charge in [0.25, 0.3) is 0 Å². The number of carbonyl (C=O) groups is 1. The van der Waals surface area contributed by atoms with Gasteiger partial charge in [0.05, 0.1) is 7.11 Å². The van der Waals surface area contributed by atoms with E-state index in [2.05, 4.69) is 24.1 Å². The predicted octanol–water partition coefficient (Wildman–Crippen LogP) is 2.07. The standard InChI is InChI=1S/C18H21NO3/c1-19-8-7-13-12-4-5-15(20)18(13)22-17-10-11(9-14(12)19)3-6-16(17)21-2/h3-6,10,12-14,18H,7-9H2,1-2H3/t12-,13+,14-,18-/m1/s1. The number of hydrogen-bond donors (Lipinski definition) is 0. The van der Waals surface area contributed by atoms with Crippen LogP contribution in [0.3, 0.4) is 0 Å². The quantitative estimate of drug-likeness (QED) is 0.796. The number of carbonyl (C=O) groups excluding carboxylic acids is 1. The number of fused-ring (bicyclic) bond motifs is 2. The molecule has 0 unspecified atom stereocenters. The summed E-state index contributed by atoms with van der Waals surface area (Å²) in [6.45, 7) is 1.01. The highest BCUT2D eigenvalue weighted by Crippen LogP contribution is 2.41. The third-order valence-electron chi connectivity index (χ3n) is 5.40. The zero-order valence-electron chi connectivity index (χ0n) is 13.0. The second-order valence-electron chi connectivity index (χ2n) is 6.57. The van der Waals surface area contributed by atoms with Crippen molar-refractivity contribution in [2.24, 2.45) is 11.8 Å². The first kappa shape index (κ1) is 13.8. The highest BCUT2D eigenvalue weighted by Gasteiger charge is 2.45. The fourth-order valence-electron chi connectivity index (χ4n) is 4.18. The van der Waals surface area contributed by atoms with Gasteiger partial charge in [0.1, 0.15) is 0 Å². The van der Waals surface area contributed by atoms with Crippen molar-refractivity contribution in [3.63, 3.8) is 0 Å². The summed E-state index contributed by atoms with van der Waals surface area (Å²) < 4.78 is 11.6. The number of likely N-dealkylation sites (N-methyl/N-ethyl adjacent to an activating group) is 1. The summed E-state index contributed by atoms with van der Waals surface area (Å²) in [5.41, 5.74) is 1.24. The van der Waals surface area contributed by atoms with Crippen LogP contribution in [0.25, 0.3) is 0 Å². The van der Waals surface area contributed by atoms with Crippen LogP contribution in [0.15, 0.2) is 30.4 Å². The average molecular weight is 299 g/mol. The van der Waals surface area contributed by atoms with Crippen LogP contribution in [0.4, 0.5) is 0 Å². The molecule has 3 aliphatic rings. The molecule has 0 spiro atoms. The molecule has 1 fully saturated rings. The Hall–Kier alpha value is -1.81.